The molecule has 0 fully saturated rings. The average Bonchev–Trinajstić information content (AvgIpc) is 2.20. The summed E-state index contributed by atoms with van der Waals surface area (Å²) in [7, 11) is 3.45. The predicted molar refractivity (Wildman–Crippen MR) is 65.5 cm³/mol. The largest absolute Gasteiger partial charge is 0.355 e. The van der Waals surface area contributed by atoms with Crippen LogP contribution in [-0.2, 0) is 4.79 Å². The fourth-order valence-corrected chi connectivity index (χ4v) is 2.50. The van der Waals surface area contributed by atoms with Crippen molar-refractivity contribution < 1.29 is 4.79 Å². The minimum Gasteiger partial charge on any atom is -0.355 e. The lowest BCUT2D eigenvalue weighted by molar-refractivity contribution is -0.120. The van der Waals surface area contributed by atoms with Gasteiger partial charge in [0.2, 0.25) is 5.91 Å². The molecule has 7 heteroatoms. The molecule has 0 aliphatic carbocycles. The van der Waals surface area contributed by atoms with Gasteiger partial charge in [0, 0.05) is 37.6 Å². The molecule has 14 heavy (non-hydrogen) atoms. The Morgan fingerprint density at radius 1 is 1.29 bits per heavy atom. The van der Waals surface area contributed by atoms with Gasteiger partial charge in [-0.2, -0.15) is 0 Å². The fourth-order valence-electron chi connectivity index (χ4n) is 0.647. The van der Waals surface area contributed by atoms with Gasteiger partial charge in [-0.15, -0.1) is 0 Å². The normalized spacial score (nSPS) is 10.1. The summed E-state index contributed by atoms with van der Waals surface area (Å²) in [5.41, 5.74) is 5.32. The van der Waals surface area contributed by atoms with E-state index in [1.54, 1.807) is 21.6 Å². The lowest BCUT2D eigenvalue weighted by Crippen LogP contribution is -2.27. The number of nitrogens with two attached hydrogens (primary N) is 1. The minimum atomic E-state index is 0.0302. The molecule has 0 aliphatic heterocycles. The highest BCUT2D eigenvalue weighted by Gasteiger charge is 1.98. The van der Waals surface area contributed by atoms with Gasteiger partial charge >= 0.3 is 0 Å². The summed E-state index contributed by atoms with van der Waals surface area (Å²) < 4.78 is 0. The van der Waals surface area contributed by atoms with E-state index in [1.165, 1.54) is 0 Å². The maximum atomic E-state index is 11.0. The molecule has 0 atom stereocenters. The van der Waals surface area contributed by atoms with Crippen molar-refractivity contribution in [2.75, 3.05) is 31.1 Å². The first-order valence-electron chi connectivity index (χ1n) is 4.36. The fraction of sp³-hybridized carbons (Fsp3) is 0.857. The molecule has 0 heterocycles. The van der Waals surface area contributed by atoms with Gasteiger partial charge in [0.1, 0.15) is 0 Å². The van der Waals surface area contributed by atoms with Crippen LogP contribution in [0.15, 0.2) is 0 Å². The Morgan fingerprint density at radius 2 is 2.00 bits per heavy atom. The van der Waals surface area contributed by atoms with Gasteiger partial charge in [-0.3, -0.25) is 4.79 Å². The molecule has 0 aliphatic rings. The van der Waals surface area contributed by atoms with Crippen LogP contribution in [0.4, 0.5) is 0 Å². The molecule has 4 nitrogen and oxygen atoms in total. The van der Waals surface area contributed by atoms with E-state index in [0.717, 1.165) is 11.5 Å². The Morgan fingerprint density at radius 3 is 2.64 bits per heavy atom. The highest BCUT2D eigenvalue weighted by Crippen LogP contribution is 2.18. The monoisotopic (exact) mass is 257 g/mol. The third-order valence-corrected chi connectivity index (χ3v) is 3.87. The first-order valence-corrected chi connectivity index (χ1v) is 7.22. The van der Waals surface area contributed by atoms with Gasteiger partial charge in [-0.05, 0) is 11.8 Å². The second kappa shape index (κ2) is 11.5. The van der Waals surface area contributed by atoms with Gasteiger partial charge < -0.3 is 11.1 Å². The number of amides is 1. The molecule has 0 unspecified atom stereocenters. The molecule has 0 spiro atoms. The summed E-state index contributed by atoms with van der Waals surface area (Å²) in [5, 5.41) is 2.79. The summed E-state index contributed by atoms with van der Waals surface area (Å²) in [6.07, 6.45) is 0.421. The van der Waals surface area contributed by atoms with Crippen LogP contribution in [0.3, 0.4) is 0 Å². The van der Waals surface area contributed by atoms with Crippen LogP contribution in [0.25, 0.3) is 0 Å². The zero-order valence-corrected chi connectivity index (χ0v) is 10.3. The van der Waals surface area contributed by atoms with Crippen LogP contribution in [0.5, 0.6) is 0 Å². The molecule has 84 valence electrons. The Labute approximate surface area is 97.6 Å². The first kappa shape index (κ1) is 14.4. The van der Waals surface area contributed by atoms with Gasteiger partial charge in [-0.25, -0.2) is 4.84 Å². The number of rotatable bonds is 9. The zero-order chi connectivity index (χ0) is 10.6. The number of carbonyl (C=O) groups excluding carboxylic acids is 1. The highest BCUT2D eigenvalue weighted by atomic mass is 35.5. The maximum absolute atomic E-state index is 11.0. The number of nitrogens with one attached hydrogen (secondary N) is 2. The summed E-state index contributed by atoms with van der Waals surface area (Å²) in [5.74, 6) is 1.89. The molecule has 1 amide bonds. The SMILES string of the molecule is NCCSSCCNC(=O)CCNCl. The molecular formula is C7H16ClN3OS2. The van der Waals surface area contributed by atoms with Gasteiger partial charge in [0.15, 0.2) is 0 Å². The Kier molecular flexibility index (Phi) is 11.8. The van der Waals surface area contributed by atoms with Crippen LogP contribution < -0.4 is 15.9 Å². The standard InChI is InChI=1S/C7H16ClN3OS2/c8-11-3-1-7(12)10-4-6-14-13-5-2-9/h11H,1-6,9H2,(H,10,12). The van der Waals surface area contributed by atoms with Gasteiger partial charge in [0.05, 0.1) is 0 Å². The van der Waals surface area contributed by atoms with Crippen LogP contribution in [0, 0.1) is 0 Å². The summed E-state index contributed by atoms with van der Waals surface area (Å²) >= 11 is 5.21. The molecule has 0 bridgehead atoms. The van der Waals surface area contributed by atoms with Crippen molar-refractivity contribution in [2.45, 2.75) is 6.42 Å². The predicted octanol–water partition coefficient (Wildman–Crippen LogP) is 0.576. The van der Waals surface area contributed by atoms with Crippen molar-refractivity contribution in [1.82, 2.24) is 10.2 Å². The summed E-state index contributed by atoms with van der Waals surface area (Å²) in [6, 6.07) is 0. The maximum Gasteiger partial charge on any atom is 0.221 e. The van der Waals surface area contributed by atoms with E-state index >= 15 is 0 Å². The van der Waals surface area contributed by atoms with E-state index in [4.69, 9.17) is 17.5 Å². The van der Waals surface area contributed by atoms with Crippen molar-refractivity contribution in [3.8, 4) is 0 Å². The molecule has 4 N–H and O–H groups in total. The van der Waals surface area contributed by atoms with E-state index in [9.17, 15) is 4.79 Å². The van der Waals surface area contributed by atoms with Crippen molar-refractivity contribution in [3.05, 3.63) is 0 Å². The van der Waals surface area contributed by atoms with E-state index in [1.807, 2.05) is 0 Å². The molecule has 0 radical (unpaired) electrons. The third-order valence-electron chi connectivity index (χ3n) is 1.24. The van der Waals surface area contributed by atoms with E-state index in [0.29, 0.717) is 26.1 Å². The smallest absolute Gasteiger partial charge is 0.221 e. The molecule has 0 saturated carbocycles. The highest BCUT2D eigenvalue weighted by molar-refractivity contribution is 8.76. The second-order valence-electron chi connectivity index (χ2n) is 2.42. The van der Waals surface area contributed by atoms with Crippen LogP contribution in [0.2, 0.25) is 0 Å². The van der Waals surface area contributed by atoms with Crippen molar-refractivity contribution in [1.29, 1.82) is 0 Å². The zero-order valence-electron chi connectivity index (χ0n) is 7.92. The van der Waals surface area contributed by atoms with Crippen LogP contribution in [-0.4, -0.2) is 37.0 Å². The number of carbonyl (C=O) groups is 1. The lowest BCUT2D eigenvalue weighted by atomic mass is 10.4. The van der Waals surface area contributed by atoms with E-state index in [-0.39, 0.29) is 5.91 Å². The van der Waals surface area contributed by atoms with Crippen LogP contribution >= 0.6 is 33.4 Å². The summed E-state index contributed by atoms with van der Waals surface area (Å²) in [4.78, 5) is 13.5. The van der Waals surface area contributed by atoms with Crippen LogP contribution in [0.1, 0.15) is 6.42 Å². The molecule has 0 aromatic heterocycles. The molecular weight excluding hydrogens is 242 g/mol. The lowest BCUT2D eigenvalue weighted by Gasteiger charge is -2.03. The quantitative estimate of drug-likeness (QED) is 0.320. The Bertz CT molecular complexity index is 151. The van der Waals surface area contributed by atoms with Gasteiger partial charge in [-0.1, -0.05) is 21.6 Å². The minimum absolute atomic E-state index is 0.0302. The first-order chi connectivity index (χ1) is 6.81. The van der Waals surface area contributed by atoms with Crippen molar-refractivity contribution in [3.63, 3.8) is 0 Å². The molecule has 0 aromatic carbocycles. The number of hydrogen-bond donors (Lipinski definition) is 3. The Hall–Kier alpha value is 0.380. The topological polar surface area (TPSA) is 67.1 Å². The average molecular weight is 258 g/mol. The van der Waals surface area contributed by atoms with Gasteiger partial charge in [0.25, 0.3) is 0 Å². The number of hydrogen-bond acceptors (Lipinski definition) is 5. The van der Waals surface area contributed by atoms with Crippen molar-refractivity contribution >= 4 is 39.3 Å². The Balaban J connectivity index is 3.07. The van der Waals surface area contributed by atoms with E-state index < -0.39 is 0 Å². The summed E-state index contributed by atoms with van der Waals surface area (Å²) in [6.45, 7) is 1.90. The third kappa shape index (κ3) is 10.5. The molecule has 0 rings (SSSR count). The second-order valence-corrected chi connectivity index (χ2v) is 5.39. The number of halogens is 1. The molecule has 0 saturated heterocycles. The van der Waals surface area contributed by atoms with E-state index in [2.05, 4.69) is 10.2 Å². The van der Waals surface area contributed by atoms with Crippen molar-refractivity contribution in [2.24, 2.45) is 5.73 Å². The molecule has 0 aromatic rings.